The van der Waals surface area contributed by atoms with E-state index >= 15 is 0 Å². The zero-order valence-electron chi connectivity index (χ0n) is 12.9. The first-order valence-electron chi connectivity index (χ1n) is 6.82. The Hall–Kier alpha value is -2.87. The number of anilines is 1. The van der Waals surface area contributed by atoms with Crippen LogP contribution < -0.4 is 4.72 Å². The zero-order chi connectivity index (χ0) is 18.1. The molecule has 0 bridgehead atoms. The second-order valence-corrected chi connectivity index (χ2v) is 6.86. The van der Waals surface area contributed by atoms with Crippen LogP contribution in [0.15, 0.2) is 41.3 Å². The van der Waals surface area contributed by atoms with Gasteiger partial charge in [0.15, 0.2) is 0 Å². The largest absolute Gasteiger partial charge is 0.478 e. The Morgan fingerprint density at radius 1 is 0.958 bits per heavy atom. The van der Waals surface area contributed by atoms with Crippen molar-refractivity contribution in [2.75, 3.05) is 4.72 Å². The van der Waals surface area contributed by atoms with E-state index in [0.29, 0.717) is 11.1 Å². The molecule has 0 radical (unpaired) electrons. The molecule has 8 heteroatoms. The van der Waals surface area contributed by atoms with E-state index in [2.05, 4.69) is 4.72 Å². The van der Waals surface area contributed by atoms with E-state index in [9.17, 15) is 18.0 Å². The van der Waals surface area contributed by atoms with Crippen LogP contribution in [0, 0.1) is 13.8 Å². The number of hydrogen-bond donors (Lipinski definition) is 3. The molecule has 3 N–H and O–H groups in total. The highest BCUT2D eigenvalue weighted by Gasteiger charge is 2.21. The molecule has 0 atom stereocenters. The van der Waals surface area contributed by atoms with Crippen LogP contribution in [0.4, 0.5) is 5.69 Å². The fourth-order valence-electron chi connectivity index (χ4n) is 2.16. The van der Waals surface area contributed by atoms with E-state index in [1.165, 1.54) is 30.3 Å². The number of benzene rings is 2. The fourth-order valence-corrected chi connectivity index (χ4v) is 3.55. The van der Waals surface area contributed by atoms with Crippen molar-refractivity contribution in [2.45, 2.75) is 18.7 Å². The molecule has 0 aliphatic carbocycles. The summed E-state index contributed by atoms with van der Waals surface area (Å²) >= 11 is 0. The van der Waals surface area contributed by atoms with Gasteiger partial charge in [0, 0.05) is 5.69 Å². The van der Waals surface area contributed by atoms with Gasteiger partial charge in [0.2, 0.25) is 0 Å². The lowest BCUT2D eigenvalue weighted by molar-refractivity contribution is 0.0686. The van der Waals surface area contributed by atoms with Gasteiger partial charge in [0.1, 0.15) is 0 Å². The molecule has 2 aromatic carbocycles. The minimum Gasteiger partial charge on any atom is -0.478 e. The third-order valence-electron chi connectivity index (χ3n) is 3.52. The molecule has 0 heterocycles. The molecule has 24 heavy (non-hydrogen) atoms. The SMILES string of the molecule is Cc1cc(C(=O)O)cc(S(=O)(=O)Nc2cccc(C(=O)O)c2)c1C. The van der Waals surface area contributed by atoms with Gasteiger partial charge in [0.25, 0.3) is 10.0 Å². The van der Waals surface area contributed by atoms with Crippen molar-refractivity contribution in [3.8, 4) is 0 Å². The van der Waals surface area contributed by atoms with Crippen molar-refractivity contribution in [2.24, 2.45) is 0 Å². The number of aromatic carboxylic acids is 2. The molecule has 0 amide bonds. The quantitative estimate of drug-likeness (QED) is 0.762. The first-order valence-corrected chi connectivity index (χ1v) is 8.31. The van der Waals surface area contributed by atoms with Crippen LogP contribution in [-0.2, 0) is 10.0 Å². The summed E-state index contributed by atoms with van der Waals surface area (Å²) in [4.78, 5) is 21.9. The lowest BCUT2D eigenvalue weighted by Gasteiger charge is -2.13. The molecule has 0 spiro atoms. The smallest absolute Gasteiger partial charge is 0.335 e. The number of nitrogens with one attached hydrogen (secondary N) is 1. The summed E-state index contributed by atoms with van der Waals surface area (Å²) in [5.74, 6) is -2.42. The van der Waals surface area contributed by atoms with Crippen LogP contribution in [0.3, 0.4) is 0 Å². The number of rotatable bonds is 5. The normalized spacial score (nSPS) is 11.1. The molecule has 0 unspecified atom stereocenters. The standard InChI is InChI=1S/C16H15NO6S/c1-9-6-12(16(20)21)8-14(10(9)2)24(22,23)17-13-5-3-4-11(7-13)15(18)19/h3-8,17H,1-2H3,(H,18,19)(H,20,21). The maximum atomic E-state index is 12.6. The summed E-state index contributed by atoms with van der Waals surface area (Å²) in [6, 6.07) is 7.81. The molecule has 0 aromatic heterocycles. The summed E-state index contributed by atoms with van der Waals surface area (Å²) in [6.07, 6.45) is 0. The van der Waals surface area contributed by atoms with Crippen LogP contribution in [0.5, 0.6) is 0 Å². The molecular formula is C16H15NO6S. The van der Waals surface area contributed by atoms with E-state index in [0.717, 1.165) is 6.07 Å². The Morgan fingerprint density at radius 2 is 1.58 bits per heavy atom. The highest BCUT2D eigenvalue weighted by Crippen LogP contribution is 2.24. The molecule has 126 valence electrons. The van der Waals surface area contributed by atoms with Gasteiger partial charge < -0.3 is 10.2 Å². The lowest BCUT2D eigenvalue weighted by atomic mass is 10.1. The molecule has 0 aliphatic rings. The van der Waals surface area contributed by atoms with Gasteiger partial charge in [0.05, 0.1) is 16.0 Å². The number of carbonyl (C=O) groups is 2. The second kappa shape index (κ2) is 6.32. The average molecular weight is 349 g/mol. The Balaban J connectivity index is 2.50. The van der Waals surface area contributed by atoms with Crippen LogP contribution >= 0.6 is 0 Å². The van der Waals surface area contributed by atoms with Gasteiger partial charge in [-0.05, 0) is 55.3 Å². The summed E-state index contributed by atoms with van der Waals surface area (Å²) < 4.78 is 27.4. The van der Waals surface area contributed by atoms with Gasteiger partial charge in [-0.25, -0.2) is 18.0 Å². The van der Waals surface area contributed by atoms with Crippen molar-refractivity contribution in [3.63, 3.8) is 0 Å². The van der Waals surface area contributed by atoms with Crippen molar-refractivity contribution < 1.29 is 28.2 Å². The molecule has 2 rings (SSSR count). The van der Waals surface area contributed by atoms with Crippen molar-refractivity contribution >= 4 is 27.6 Å². The predicted octanol–water partition coefficient (Wildman–Crippen LogP) is 2.50. The summed E-state index contributed by atoms with van der Waals surface area (Å²) in [5.41, 5.74) is 0.810. The van der Waals surface area contributed by atoms with E-state index in [1.54, 1.807) is 13.8 Å². The average Bonchev–Trinajstić information content (AvgIpc) is 2.49. The Bertz CT molecular complexity index is 934. The van der Waals surface area contributed by atoms with Crippen molar-refractivity contribution in [1.29, 1.82) is 0 Å². The topological polar surface area (TPSA) is 121 Å². The van der Waals surface area contributed by atoms with Gasteiger partial charge in [-0.1, -0.05) is 6.07 Å². The second-order valence-electron chi connectivity index (χ2n) is 5.21. The number of hydrogen-bond acceptors (Lipinski definition) is 4. The highest BCUT2D eigenvalue weighted by molar-refractivity contribution is 7.92. The van der Waals surface area contributed by atoms with Gasteiger partial charge in [-0.3, -0.25) is 4.72 Å². The Labute approximate surface area is 138 Å². The van der Waals surface area contributed by atoms with Gasteiger partial charge in [-0.2, -0.15) is 0 Å². The molecule has 0 fully saturated rings. The zero-order valence-corrected chi connectivity index (χ0v) is 13.7. The maximum absolute atomic E-state index is 12.6. The van der Waals surface area contributed by atoms with Crippen LogP contribution in [0.25, 0.3) is 0 Å². The third kappa shape index (κ3) is 3.54. The van der Waals surface area contributed by atoms with E-state index in [4.69, 9.17) is 10.2 Å². The Kier molecular flexibility index (Phi) is 4.61. The van der Waals surface area contributed by atoms with Crippen LogP contribution in [-0.4, -0.2) is 30.6 Å². The summed E-state index contributed by atoms with van der Waals surface area (Å²) in [6.45, 7) is 3.19. The molecule has 0 saturated carbocycles. The first-order chi connectivity index (χ1) is 11.1. The van der Waals surface area contributed by atoms with E-state index in [1.807, 2.05) is 0 Å². The number of carboxylic acid groups (broad SMARTS) is 2. The predicted molar refractivity (Wildman–Crippen MR) is 87.1 cm³/mol. The van der Waals surface area contributed by atoms with Crippen LogP contribution in [0.1, 0.15) is 31.8 Å². The summed E-state index contributed by atoms with van der Waals surface area (Å²) in [5, 5.41) is 18.1. The number of carboxylic acids is 2. The van der Waals surface area contributed by atoms with Crippen LogP contribution in [0.2, 0.25) is 0 Å². The molecular weight excluding hydrogens is 334 g/mol. The molecule has 7 nitrogen and oxygen atoms in total. The van der Waals surface area contributed by atoms with E-state index in [-0.39, 0.29) is 21.7 Å². The number of aryl methyl sites for hydroxylation is 1. The van der Waals surface area contributed by atoms with Gasteiger partial charge in [-0.15, -0.1) is 0 Å². The minimum absolute atomic E-state index is 0.0672. The molecule has 0 saturated heterocycles. The monoisotopic (exact) mass is 349 g/mol. The van der Waals surface area contributed by atoms with Crippen molar-refractivity contribution in [3.05, 3.63) is 58.7 Å². The van der Waals surface area contributed by atoms with Crippen molar-refractivity contribution in [1.82, 2.24) is 0 Å². The minimum atomic E-state index is -4.07. The molecule has 0 aliphatic heterocycles. The van der Waals surface area contributed by atoms with E-state index < -0.39 is 22.0 Å². The summed E-state index contributed by atoms with van der Waals surface area (Å²) in [7, 11) is -4.07. The lowest BCUT2D eigenvalue weighted by Crippen LogP contribution is -2.16. The first kappa shape index (κ1) is 17.5. The van der Waals surface area contributed by atoms with Gasteiger partial charge >= 0.3 is 11.9 Å². The third-order valence-corrected chi connectivity index (χ3v) is 5.03. The fraction of sp³-hybridized carbons (Fsp3) is 0.125. The highest BCUT2D eigenvalue weighted by atomic mass is 32.2. The number of sulfonamides is 1. The Morgan fingerprint density at radius 3 is 2.17 bits per heavy atom. The maximum Gasteiger partial charge on any atom is 0.335 e. The molecule has 2 aromatic rings.